The van der Waals surface area contributed by atoms with Gasteiger partial charge in [-0.2, -0.15) is 13.2 Å². The predicted octanol–water partition coefficient (Wildman–Crippen LogP) is 3.90. The fraction of sp³-hybridized carbons (Fsp3) is 0.400. The van der Waals surface area contributed by atoms with E-state index in [2.05, 4.69) is 10.3 Å². The summed E-state index contributed by atoms with van der Waals surface area (Å²) in [5, 5.41) is 3.88. The highest BCUT2D eigenvalue weighted by Gasteiger charge is 2.37. The number of carbonyl (C=O) groups excluding carboxylic acids is 1. The van der Waals surface area contributed by atoms with Gasteiger partial charge in [0.15, 0.2) is 0 Å². The predicted molar refractivity (Wildman–Crippen MR) is 109 cm³/mol. The first kappa shape index (κ1) is 22.2. The van der Waals surface area contributed by atoms with E-state index in [0.717, 1.165) is 17.3 Å². The summed E-state index contributed by atoms with van der Waals surface area (Å²) < 4.78 is 39.5. The van der Waals surface area contributed by atoms with Crippen molar-refractivity contribution in [3.05, 3.63) is 57.9 Å². The first-order valence-corrected chi connectivity index (χ1v) is 9.82. The lowest BCUT2D eigenvalue weighted by Crippen LogP contribution is -2.50. The number of hydrazine groups is 1. The van der Waals surface area contributed by atoms with Crippen LogP contribution < -0.4 is 11.2 Å². The topological polar surface area (TPSA) is 74.0 Å². The van der Waals surface area contributed by atoms with Gasteiger partial charge >= 0.3 is 6.18 Å². The third-order valence-electron chi connectivity index (χ3n) is 5.37. The summed E-state index contributed by atoms with van der Waals surface area (Å²) >= 11 is 5.95. The number of alkyl halides is 3. The van der Waals surface area contributed by atoms with Crippen molar-refractivity contribution in [2.45, 2.75) is 45.5 Å². The third-order valence-corrected chi connectivity index (χ3v) is 5.77. The molecular weight excluding hydrogens is 419 g/mol. The van der Waals surface area contributed by atoms with Crippen molar-refractivity contribution in [2.75, 3.05) is 6.54 Å². The van der Waals surface area contributed by atoms with E-state index < -0.39 is 22.7 Å². The van der Waals surface area contributed by atoms with Crippen LogP contribution in [0.5, 0.6) is 0 Å². The minimum Gasteiger partial charge on any atom is -0.332 e. The second-order valence-electron chi connectivity index (χ2n) is 7.29. The van der Waals surface area contributed by atoms with Gasteiger partial charge in [0.2, 0.25) is 5.96 Å². The number of hydrogen-bond acceptors (Lipinski definition) is 5. The smallest absolute Gasteiger partial charge is 0.332 e. The van der Waals surface area contributed by atoms with E-state index >= 15 is 0 Å². The van der Waals surface area contributed by atoms with Crippen molar-refractivity contribution in [3.63, 3.8) is 0 Å². The van der Waals surface area contributed by atoms with Gasteiger partial charge < -0.3 is 10.2 Å². The summed E-state index contributed by atoms with van der Waals surface area (Å²) in [5.41, 5.74) is 0.433. The van der Waals surface area contributed by atoms with Crippen LogP contribution in [0, 0.1) is 0 Å². The number of amides is 1. The third kappa shape index (κ3) is 4.17. The Labute approximate surface area is 177 Å². The molecule has 1 amide bonds. The molecule has 2 aliphatic heterocycles. The summed E-state index contributed by atoms with van der Waals surface area (Å²) in [4.78, 5) is 19.0. The standard InChI is InChI=1S/C20H23ClF3N5O/c1-11-7-9-26-19(27-11)29(25)16-8-10-28(13(3)12(16)2)18(30)14-5-4-6-15(17(14)21)20(22,23)24/h4-7,9,11,13H,8,10,25H2,1-3H3,(H,26,27)/t11?,13-/m1/s1. The van der Waals surface area contributed by atoms with E-state index in [4.69, 9.17) is 17.4 Å². The van der Waals surface area contributed by atoms with Gasteiger partial charge in [0.25, 0.3) is 5.91 Å². The molecule has 0 aromatic heterocycles. The monoisotopic (exact) mass is 441 g/mol. The van der Waals surface area contributed by atoms with Gasteiger partial charge in [-0.1, -0.05) is 17.7 Å². The number of carbonyl (C=O) groups is 1. The summed E-state index contributed by atoms with van der Waals surface area (Å²) in [6, 6.07) is 2.96. The molecule has 1 aromatic carbocycles. The molecular formula is C20H23ClF3N5O. The number of nitrogens with two attached hydrogens (primary N) is 1. The van der Waals surface area contributed by atoms with Crippen LogP contribution in [0.2, 0.25) is 5.02 Å². The van der Waals surface area contributed by atoms with Crippen molar-refractivity contribution in [2.24, 2.45) is 10.8 Å². The molecule has 2 aliphatic rings. The molecule has 30 heavy (non-hydrogen) atoms. The molecule has 3 rings (SSSR count). The van der Waals surface area contributed by atoms with E-state index in [0.29, 0.717) is 12.4 Å². The van der Waals surface area contributed by atoms with Crippen molar-refractivity contribution in [3.8, 4) is 0 Å². The summed E-state index contributed by atoms with van der Waals surface area (Å²) in [6.07, 6.45) is -0.557. The number of aliphatic imine (C=N–C) groups is 1. The molecule has 2 atom stereocenters. The molecule has 0 fully saturated rings. The van der Waals surface area contributed by atoms with Crippen LogP contribution in [0.25, 0.3) is 0 Å². The first-order valence-electron chi connectivity index (χ1n) is 9.44. The fourth-order valence-corrected chi connectivity index (χ4v) is 3.86. The van der Waals surface area contributed by atoms with E-state index in [1.165, 1.54) is 22.0 Å². The average Bonchev–Trinajstić information content (AvgIpc) is 2.68. The van der Waals surface area contributed by atoms with Gasteiger partial charge in [-0.25, -0.2) is 10.8 Å². The van der Waals surface area contributed by atoms with Gasteiger partial charge in [-0.3, -0.25) is 9.80 Å². The normalized spacial score (nSPS) is 22.0. The number of guanidine groups is 1. The maximum atomic E-state index is 13.2. The number of benzene rings is 1. The maximum absolute atomic E-state index is 13.2. The Morgan fingerprint density at radius 3 is 2.70 bits per heavy atom. The second kappa shape index (κ2) is 8.31. The zero-order valence-corrected chi connectivity index (χ0v) is 17.6. The molecule has 0 saturated heterocycles. The van der Waals surface area contributed by atoms with Gasteiger partial charge in [-0.05, 0) is 44.6 Å². The average molecular weight is 442 g/mol. The van der Waals surface area contributed by atoms with Gasteiger partial charge in [0.05, 0.1) is 28.2 Å². The number of hydrogen-bond donors (Lipinski definition) is 2. The molecule has 10 heteroatoms. The molecule has 0 spiro atoms. The van der Waals surface area contributed by atoms with Crippen molar-refractivity contribution in [1.82, 2.24) is 15.2 Å². The van der Waals surface area contributed by atoms with Crippen LogP contribution in [0.3, 0.4) is 0 Å². The highest BCUT2D eigenvalue weighted by Crippen LogP contribution is 2.37. The zero-order chi connectivity index (χ0) is 22.2. The van der Waals surface area contributed by atoms with Crippen LogP contribution in [0.15, 0.2) is 46.7 Å². The minimum absolute atomic E-state index is 0.0182. The molecule has 162 valence electrons. The second-order valence-corrected chi connectivity index (χ2v) is 7.66. The minimum atomic E-state index is -4.64. The van der Waals surface area contributed by atoms with Crippen molar-refractivity contribution < 1.29 is 18.0 Å². The van der Waals surface area contributed by atoms with E-state index in [1.54, 1.807) is 13.1 Å². The Hall–Kier alpha value is -2.52. The molecule has 1 aromatic rings. The molecule has 6 nitrogen and oxygen atoms in total. The summed E-state index contributed by atoms with van der Waals surface area (Å²) in [5.74, 6) is 6.20. The number of nitrogens with zero attached hydrogens (tertiary/aromatic N) is 3. The highest BCUT2D eigenvalue weighted by molar-refractivity contribution is 6.34. The van der Waals surface area contributed by atoms with E-state index in [1.807, 2.05) is 19.9 Å². The van der Waals surface area contributed by atoms with Crippen LogP contribution in [-0.4, -0.2) is 40.4 Å². The van der Waals surface area contributed by atoms with Crippen LogP contribution in [-0.2, 0) is 6.18 Å². The molecule has 0 aliphatic carbocycles. The summed E-state index contributed by atoms with van der Waals surface area (Å²) in [7, 11) is 0. The Balaban J connectivity index is 1.87. The molecule has 0 saturated carbocycles. The maximum Gasteiger partial charge on any atom is 0.417 e. The van der Waals surface area contributed by atoms with E-state index in [-0.39, 0.29) is 24.2 Å². The lowest BCUT2D eigenvalue weighted by molar-refractivity contribution is -0.137. The molecule has 0 radical (unpaired) electrons. The molecule has 2 heterocycles. The van der Waals surface area contributed by atoms with Gasteiger partial charge in [0.1, 0.15) is 0 Å². The number of nitrogens with one attached hydrogen (secondary N) is 1. The van der Waals surface area contributed by atoms with Gasteiger partial charge in [-0.15, -0.1) is 0 Å². The molecule has 0 bridgehead atoms. The van der Waals surface area contributed by atoms with Crippen LogP contribution in [0.1, 0.15) is 43.1 Å². The zero-order valence-electron chi connectivity index (χ0n) is 16.8. The highest BCUT2D eigenvalue weighted by atomic mass is 35.5. The quantitative estimate of drug-likeness (QED) is 0.539. The van der Waals surface area contributed by atoms with Crippen molar-refractivity contribution >= 4 is 23.5 Å². The largest absolute Gasteiger partial charge is 0.417 e. The van der Waals surface area contributed by atoms with Crippen LogP contribution >= 0.6 is 11.6 Å². The molecule has 3 N–H and O–H groups in total. The Morgan fingerprint density at radius 2 is 2.07 bits per heavy atom. The van der Waals surface area contributed by atoms with Gasteiger partial charge in [0, 0.05) is 24.9 Å². The lowest BCUT2D eigenvalue weighted by atomic mass is 9.97. The van der Waals surface area contributed by atoms with E-state index in [9.17, 15) is 18.0 Å². The fourth-order valence-electron chi connectivity index (χ4n) is 3.55. The first-order chi connectivity index (χ1) is 14.0. The van der Waals surface area contributed by atoms with Crippen LogP contribution in [0.4, 0.5) is 13.2 Å². The Kier molecular flexibility index (Phi) is 6.14. The number of halogens is 4. The number of rotatable bonds is 2. The Morgan fingerprint density at radius 1 is 1.37 bits per heavy atom. The molecule has 1 unspecified atom stereocenters. The van der Waals surface area contributed by atoms with Crippen molar-refractivity contribution in [1.29, 1.82) is 0 Å². The lowest BCUT2D eigenvalue weighted by Gasteiger charge is -2.39. The summed E-state index contributed by atoms with van der Waals surface area (Å²) in [6.45, 7) is 5.86. The SMILES string of the molecule is CC1=C(N(N)C2=NC(C)C=CN2)CCN(C(=O)c2cccc(C(F)(F)F)c2Cl)[C@@H]1C. The Bertz CT molecular complexity index is 941.